The quantitative estimate of drug-likeness (QED) is 0.359. The van der Waals surface area contributed by atoms with Gasteiger partial charge in [0, 0.05) is 54.0 Å². The maximum atomic E-state index is 13.0. The molecule has 1 N–H and O–H groups in total. The number of benzene rings is 3. The predicted molar refractivity (Wildman–Crippen MR) is 150 cm³/mol. The molecule has 210 valence electrons. The zero-order valence-corrected chi connectivity index (χ0v) is 22.5. The lowest BCUT2D eigenvalue weighted by atomic mass is 10.0. The molecule has 0 unspecified atom stereocenters. The fourth-order valence-electron chi connectivity index (χ4n) is 4.69. The van der Waals surface area contributed by atoms with Gasteiger partial charge in [0.2, 0.25) is 0 Å². The van der Waals surface area contributed by atoms with Crippen molar-refractivity contribution >= 4 is 48.9 Å². The van der Waals surface area contributed by atoms with Crippen molar-refractivity contribution in [3.8, 4) is 6.07 Å². The van der Waals surface area contributed by atoms with Crippen LogP contribution in [-0.4, -0.2) is 63.2 Å². The van der Waals surface area contributed by atoms with E-state index in [2.05, 4.69) is 20.7 Å². The molecule has 8 nitrogen and oxygen atoms in total. The predicted octanol–water partition coefficient (Wildman–Crippen LogP) is 4.93. The number of aromatic nitrogens is 1. The molecule has 0 bridgehead atoms. The van der Waals surface area contributed by atoms with Crippen molar-refractivity contribution in [1.82, 2.24) is 9.88 Å². The fraction of sp³-hybridized carbons (Fsp3) is 0.241. The summed E-state index contributed by atoms with van der Waals surface area (Å²) in [6, 6.07) is 20.6. The number of fused-ring (bicyclic) bond motifs is 2. The van der Waals surface area contributed by atoms with Crippen molar-refractivity contribution in [2.45, 2.75) is 12.6 Å². The van der Waals surface area contributed by atoms with Gasteiger partial charge in [-0.05, 0) is 59.2 Å². The van der Waals surface area contributed by atoms with Gasteiger partial charge in [-0.2, -0.15) is 22.8 Å². The highest BCUT2D eigenvalue weighted by molar-refractivity contribution is 7.94. The van der Waals surface area contributed by atoms with Gasteiger partial charge < -0.3 is 10.2 Å². The van der Waals surface area contributed by atoms with Crippen LogP contribution < -0.4 is 5.32 Å². The van der Waals surface area contributed by atoms with Gasteiger partial charge >= 0.3 is 12.1 Å². The van der Waals surface area contributed by atoms with Crippen molar-refractivity contribution in [1.29, 1.82) is 5.26 Å². The third-order valence-corrected chi connectivity index (χ3v) is 9.03. The van der Waals surface area contributed by atoms with Crippen LogP contribution in [0.1, 0.15) is 21.5 Å². The summed E-state index contributed by atoms with van der Waals surface area (Å²) in [5.41, 5.74) is 3.75. The van der Waals surface area contributed by atoms with E-state index in [1.165, 1.54) is 4.90 Å². The first-order valence-electron chi connectivity index (χ1n) is 12.7. The molecule has 12 heteroatoms. The van der Waals surface area contributed by atoms with Crippen LogP contribution in [0.4, 0.5) is 18.9 Å². The molecule has 1 aliphatic rings. The van der Waals surface area contributed by atoms with E-state index in [0.717, 1.165) is 39.3 Å². The van der Waals surface area contributed by atoms with Crippen LogP contribution in [0.2, 0.25) is 0 Å². The number of alkyl halides is 3. The molecule has 0 saturated carbocycles. The Balaban J connectivity index is 1.22. The monoisotopic (exact) mass is 579 g/mol. The van der Waals surface area contributed by atoms with E-state index in [0.29, 0.717) is 17.7 Å². The van der Waals surface area contributed by atoms with Gasteiger partial charge in [-0.3, -0.25) is 14.6 Å². The highest BCUT2D eigenvalue weighted by atomic mass is 32.2. The standard InChI is InChI=1S/C29H24F3N5O3S/c30-29(31,32)28(39)36-41(40)13-11-37(12-14-41)27(38)23-5-4-21-15-19(1-3-22(21)17-23)7-9-34-26-8-10-35-25-6-2-20(18-33)16-24(25)26/h1-6,8,10,15-17H,7,9,11-14H2,(H,34,35). The number of rotatable bonds is 5. The largest absolute Gasteiger partial charge is 0.474 e. The fourth-order valence-corrected chi connectivity index (χ4v) is 6.50. The number of nitrogens with one attached hydrogen (secondary N) is 1. The van der Waals surface area contributed by atoms with Crippen molar-refractivity contribution in [2.24, 2.45) is 4.36 Å². The molecule has 0 atom stereocenters. The molecule has 1 aromatic heterocycles. The van der Waals surface area contributed by atoms with E-state index in [-0.39, 0.29) is 30.5 Å². The minimum atomic E-state index is -5.17. The maximum Gasteiger partial charge on any atom is 0.474 e. The van der Waals surface area contributed by atoms with Gasteiger partial charge in [0.25, 0.3) is 5.91 Å². The smallest absolute Gasteiger partial charge is 0.384 e. The number of carbonyl (C=O) groups is 2. The molecule has 4 aromatic rings. The summed E-state index contributed by atoms with van der Waals surface area (Å²) in [7, 11) is -3.36. The maximum absolute atomic E-state index is 13.0. The van der Waals surface area contributed by atoms with Gasteiger partial charge in [-0.1, -0.05) is 24.3 Å². The number of anilines is 1. The highest BCUT2D eigenvalue weighted by Crippen LogP contribution is 2.24. The topological polar surface area (TPSA) is 116 Å². The van der Waals surface area contributed by atoms with Crippen LogP contribution >= 0.6 is 0 Å². The molecule has 3 aromatic carbocycles. The second kappa shape index (κ2) is 11.2. The summed E-state index contributed by atoms with van der Waals surface area (Å²) in [6.45, 7) is 0.540. The van der Waals surface area contributed by atoms with Crippen molar-refractivity contribution in [2.75, 3.05) is 36.5 Å². The molecule has 2 heterocycles. The van der Waals surface area contributed by atoms with Crippen molar-refractivity contribution in [3.05, 3.63) is 83.6 Å². The second-order valence-electron chi connectivity index (χ2n) is 9.64. The number of pyridine rings is 1. The Labute approximate surface area is 234 Å². The Morgan fingerprint density at radius 1 is 1.02 bits per heavy atom. The Morgan fingerprint density at radius 2 is 1.76 bits per heavy atom. The molecule has 5 rings (SSSR count). The van der Waals surface area contributed by atoms with Gasteiger partial charge in [-0.25, -0.2) is 4.21 Å². The molecule has 0 radical (unpaired) electrons. The Bertz CT molecular complexity index is 1830. The second-order valence-corrected chi connectivity index (χ2v) is 12.2. The van der Waals surface area contributed by atoms with Crippen LogP contribution in [0.25, 0.3) is 21.7 Å². The van der Waals surface area contributed by atoms with E-state index in [4.69, 9.17) is 0 Å². The summed E-state index contributed by atoms with van der Waals surface area (Å²) in [6.07, 6.45) is -2.72. The zero-order valence-electron chi connectivity index (χ0n) is 21.6. The number of hydrogen-bond acceptors (Lipinski definition) is 6. The van der Waals surface area contributed by atoms with Gasteiger partial charge in [0.1, 0.15) is 0 Å². The average Bonchev–Trinajstić information content (AvgIpc) is 2.96. The number of halogens is 3. The number of amides is 2. The summed E-state index contributed by atoms with van der Waals surface area (Å²) in [5.74, 6) is -3.26. The van der Waals surface area contributed by atoms with Crippen LogP contribution in [-0.2, 0) is 20.9 Å². The normalized spacial score (nSPS) is 14.9. The molecule has 41 heavy (non-hydrogen) atoms. The Morgan fingerprint density at radius 3 is 2.49 bits per heavy atom. The number of nitrogens with zero attached hydrogens (tertiary/aromatic N) is 4. The molecular weight excluding hydrogens is 555 g/mol. The van der Waals surface area contributed by atoms with E-state index < -0.39 is 21.8 Å². The first-order chi connectivity index (χ1) is 19.5. The van der Waals surface area contributed by atoms with Crippen molar-refractivity contribution in [3.63, 3.8) is 0 Å². The van der Waals surface area contributed by atoms with E-state index in [1.54, 1.807) is 24.4 Å². The molecule has 1 fully saturated rings. The minimum absolute atomic E-state index is 0.0547. The average molecular weight is 580 g/mol. The third-order valence-electron chi connectivity index (χ3n) is 6.89. The van der Waals surface area contributed by atoms with Crippen molar-refractivity contribution < 1.29 is 27.0 Å². The van der Waals surface area contributed by atoms with E-state index in [9.17, 15) is 32.2 Å². The Hall–Kier alpha value is -4.50. The van der Waals surface area contributed by atoms with Gasteiger partial charge in [0.05, 0.1) is 26.9 Å². The number of hydrogen-bond donors (Lipinski definition) is 1. The molecule has 1 aliphatic heterocycles. The lowest BCUT2D eigenvalue weighted by Crippen LogP contribution is -2.44. The van der Waals surface area contributed by atoms with Crippen LogP contribution in [0.15, 0.2) is 71.2 Å². The summed E-state index contributed by atoms with van der Waals surface area (Å²) < 4.78 is 53.0. The lowest BCUT2D eigenvalue weighted by molar-refractivity contribution is -0.169. The van der Waals surface area contributed by atoms with E-state index >= 15 is 0 Å². The molecule has 0 spiro atoms. The number of nitriles is 1. The zero-order chi connectivity index (χ0) is 29.2. The first-order valence-corrected chi connectivity index (χ1v) is 14.6. The van der Waals surface area contributed by atoms with Crippen LogP contribution in [0.3, 0.4) is 0 Å². The first kappa shape index (κ1) is 28.0. The molecule has 0 aliphatic carbocycles. The molecule has 2 amide bonds. The van der Waals surface area contributed by atoms with Crippen LogP contribution in [0.5, 0.6) is 0 Å². The van der Waals surface area contributed by atoms with E-state index in [1.807, 2.05) is 42.5 Å². The van der Waals surface area contributed by atoms with Crippen LogP contribution in [0, 0.1) is 11.3 Å². The number of carbonyl (C=O) groups excluding carboxylic acids is 2. The lowest BCUT2D eigenvalue weighted by Gasteiger charge is -2.28. The highest BCUT2D eigenvalue weighted by Gasteiger charge is 2.40. The van der Waals surface area contributed by atoms with Gasteiger partial charge in [0.15, 0.2) is 0 Å². The summed E-state index contributed by atoms with van der Waals surface area (Å²) in [5, 5.41) is 15.3. The molecular formula is C29H24F3N5O3S. The third kappa shape index (κ3) is 6.30. The summed E-state index contributed by atoms with van der Waals surface area (Å²) in [4.78, 5) is 30.0. The SMILES string of the molecule is N#Cc1ccc2nccc(NCCc3ccc4cc(C(=O)N5CCS(=O)(=NC(=O)C(F)(F)F)CC5)ccc4c3)c2c1. The van der Waals surface area contributed by atoms with Gasteiger partial charge in [-0.15, -0.1) is 0 Å². The Kier molecular flexibility index (Phi) is 7.64. The minimum Gasteiger partial charge on any atom is -0.384 e. The summed E-state index contributed by atoms with van der Waals surface area (Å²) >= 11 is 0. The molecule has 1 saturated heterocycles.